The predicted octanol–water partition coefficient (Wildman–Crippen LogP) is 9.14. The lowest BCUT2D eigenvalue weighted by molar-refractivity contribution is -0.119. The molecule has 1 aliphatic carbocycles. The monoisotopic (exact) mass is 882 g/mol. The number of ether oxygens (including phenoxy) is 2. The molecule has 0 radical (unpaired) electrons. The Bertz CT molecular complexity index is 2480. The second kappa shape index (κ2) is 16.2. The highest BCUT2D eigenvalue weighted by Crippen LogP contribution is 2.51. The zero-order valence-electron chi connectivity index (χ0n) is 30.6. The Kier molecular flexibility index (Phi) is 11.2. The number of methoxy groups -OCH3 is 1. The van der Waals surface area contributed by atoms with Gasteiger partial charge in [0.05, 0.1) is 12.0 Å². The topological polar surface area (TPSA) is 147 Å². The van der Waals surface area contributed by atoms with E-state index in [1.165, 1.54) is 19.2 Å². The first-order chi connectivity index (χ1) is 27.0. The van der Waals surface area contributed by atoms with E-state index in [9.17, 15) is 18.0 Å². The van der Waals surface area contributed by atoms with Gasteiger partial charge in [-0.1, -0.05) is 83.3 Å². The molecule has 0 saturated heterocycles. The number of alkyl halides is 1. The molecule has 286 valence electrons. The molecular formula is C43H39IN4O7S. The maximum absolute atomic E-state index is 15.9. The molecule has 3 amide bonds. The lowest BCUT2D eigenvalue weighted by atomic mass is 9.85. The maximum atomic E-state index is 15.9. The Hall–Kier alpha value is -5.67. The van der Waals surface area contributed by atoms with Crippen LogP contribution in [-0.2, 0) is 23.0 Å². The predicted molar refractivity (Wildman–Crippen MR) is 224 cm³/mol. The molecule has 1 saturated carbocycles. The average molecular weight is 883 g/mol. The van der Waals surface area contributed by atoms with Gasteiger partial charge in [0.2, 0.25) is 0 Å². The molecule has 11 nitrogen and oxygen atoms in total. The van der Waals surface area contributed by atoms with Crippen LogP contribution in [0.1, 0.15) is 52.7 Å². The highest BCUT2D eigenvalue weighted by Gasteiger charge is 2.49. The van der Waals surface area contributed by atoms with Gasteiger partial charge in [0.1, 0.15) is 11.9 Å². The molecule has 0 bridgehead atoms. The van der Waals surface area contributed by atoms with Crippen molar-refractivity contribution in [3.63, 3.8) is 0 Å². The number of aromatic amines is 1. The highest BCUT2D eigenvalue weighted by molar-refractivity contribution is 14.1. The molecule has 3 N–H and O–H groups in total. The number of hydrogen-bond donors (Lipinski definition) is 3. The van der Waals surface area contributed by atoms with Crippen molar-refractivity contribution in [3.05, 3.63) is 150 Å². The number of carbonyl (C=O) groups excluding carboxylic acids is 3. The third kappa shape index (κ3) is 7.60. The first kappa shape index (κ1) is 38.6. The number of anilines is 3. The van der Waals surface area contributed by atoms with Gasteiger partial charge in [0.15, 0.2) is 3.42 Å². The number of aryl methyl sites for hydroxylation is 1. The van der Waals surface area contributed by atoms with Gasteiger partial charge in [0, 0.05) is 50.9 Å². The third-order valence-electron chi connectivity index (χ3n) is 9.85. The normalized spacial score (nSPS) is 14.1. The molecule has 7 rings (SSSR count). The molecule has 6 aromatic rings. The Balaban J connectivity index is 1.43. The van der Waals surface area contributed by atoms with Crippen LogP contribution < -0.4 is 19.7 Å². The summed E-state index contributed by atoms with van der Waals surface area (Å²) in [6.07, 6.45) is 4.60. The van der Waals surface area contributed by atoms with E-state index in [-0.39, 0.29) is 27.9 Å². The fourth-order valence-corrected chi connectivity index (χ4v) is 9.63. The van der Waals surface area contributed by atoms with Gasteiger partial charge >= 0.3 is 6.09 Å². The van der Waals surface area contributed by atoms with Gasteiger partial charge in [-0.05, 0) is 98.8 Å². The SMILES string of the molecule is COc1cccc(C(=O)NS(=O)(=O)c2ccccc2C)c1C(I)(C(=O)N(c1ccccc1)c1ccccc1)c1c[nH]c2ccc(NC(=O)OC3CCCC3)cc12. The number of amides is 3. The molecule has 1 aromatic heterocycles. The van der Waals surface area contributed by atoms with Crippen molar-refractivity contribution < 1.29 is 32.3 Å². The molecule has 1 atom stereocenters. The zero-order chi connectivity index (χ0) is 39.5. The molecule has 5 aromatic carbocycles. The first-order valence-electron chi connectivity index (χ1n) is 18.0. The van der Waals surface area contributed by atoms with Gasteiger partial charge in [-0.15, -0.1) is 0 Å². The fraction of sp³-hybridized carbons (Fsp3) is 0.186. The molecule has 1 heterocycles. The number of halogens is 1. The smallest absolute Gasteiger partial charge is 0.411 e. The number of hydrogen-bond acceptors (Lipinski definition) is 7. The number of H-pyrrole nitrogens is 1. The van der Waals surface area contributed by atoms with E-state index in [1.54, 1.807) is 90.8 Å². The number of carbonyl (C=O) groups is 3. The number of nitrogens with one attached hydrogen (secondary N) is 3. The summed E-state index contributed by atoms with van der Waals surface area (Å²) in [5.74, 6) is -1.28. The molecule has 0 aliphatic heterocycles. The summed E-state index contributed by atoms with van der Waals surface area (Å²) in [5.41, 5.74) is 3.04. The van der Waals surface area contributed by atoms with E-state index in [1.807, 2.05) is 59.0 Å². The second-order valence-electron chi connectivity index (χ2n) is 13.5. The van der Waals surface area contributed by atoms with Gasteiger partial charge in [-0.3, -0.25) is 19.8 Å². The van der Waals surface area contributed by atoms with E-state index in [0.717, 1.165) is 25.7 Å². The Morgan fingerprint density at radius 3 is 2.12 bits per heavy atom. The fourth-order valence-electron chi connectivity index (χ4n) is 7.17. The van der Waals surface area contributed by atoms with Crippen LogP contribution in [0.5, 0.6) is 5.75 Å². The summed E-state index contributed by atoms with van der Waals surface area (Å²) >= 11 is 2.05. The summed E-state index contributed by atoms with van der Waals surface area (Å²) in [4.78, 5) is 48.0. The minimum absolute atomic E-state index is 0.0583. The summed E-state index contributed by atoms with van der Waals surface area (Å²) in [6.45, 7) is 1.64. The number of rotatable bonds is 11. The molecule has 56 heavy (non-hydrogen) atoms. The lowest BCUT2D eigenvalue weighted by Gasteiger charge is -2.35. The van der Waals surface area contributed by atoms with Crippen LogP contribution in [0.2, 0.25) is 0 Å². The summed E-state index contributed by atoms with van der Waals surface area (Å²) in [6, 6.07) is 34.4. The van der Waals surface area contributed by atoms with Crippen LogP contribution in [0.4, 0.5) is 21.9 Å². The van der Waals surface area contributed by atoms with Gasteiger partial charge in [-0.2, -0.15) is 0 Å². The Labute approximate surface area is 338 Å². The van der Waals surface area contributed by atoms with E-state index in [2.05, 4.69) is 15.0 Å². The van der Waals surface area contributed by atoms with Crippen molar-refractivity contribution in [2.75, 3.05) is 17.3 Å². The quantitative estimate of drug-likeness (QED) is 0.0869. The number of para-hydroxylation sites is 2. The van der Waals surface area contributed by atoms with Crippen molar-refractivity contribution in [1.82, 2.24) is 9.71 Å². The number of benzene rings is 5. The van der Waals surface area contributed by atoms with E-state index < -0.39 is 31.4 Å². The van der Waals surface area contributed by atoms with Crippen molar-refractivity contribution in [3.8, 4) is 5.75 Å². The maximum Gasteiger partial charge on any atom is 0.411 e. The molecule has 1 aliphatic rings. The highest BCUT2D eigenvalue weighted by atomic mass is 127. The average Bonchev–Trinajstić information content (AvgIpc) is 3.88. The second-order valence-corrected chi connectivity index (χ2v) is 16.7. The van der Waals surface area contributed by atoms with Gasteiger partial charge < -0.3 is 14.5 Å². The Morgan fingerprint density at radius 1 is 0.839 bits per heavy atom. The largest absolute Gasteiger partial charge is 0.496 e. The van der Waals surface area contributed by atoms with Crippen molar-refractivity contribution in [2.45, 2.75) is 47.0 Å². The third-order valence-corrected chi connectivity index (χ3v) is 12.9. The number of nitrogens with zero attached hydrogens (tertiary/aromatic N) is 1. The molecule has 0 spiro atoms. The number of sulfonamides is 1. The van der Waals surface area contributed by atoms with Crippen LogP contribution >= 0.6 is 22.6 Å². The van der Waals surface area contributed by atoms with Gasteiger partial charge in [-0.25, -0.2) is 17.9 Å². The van der Waals surface area contributed by atoms with Crippen LogP contribution in [0.25, 0.3) is 10.9 Å². The molecule has 1 unspecified atom stereocenters. The lowest BCUT2D eigenvalue weighted by Crippen LogP contribution is -2.43. The van der Waals surface area contributed by atoms with Crippen LogP contribution in [0, 0.1) is 6.92 Å². The Morgan fingerprint density at radius 2 is 1.48 bits per heavy atom. The molecular weight excluding hydrogens is 843 g/mol. The first-order valence-corrected chi connectivity index (χ1v) is 20.6. The molecule has 1 fully saturated rings. The summed E-state index contributed by atoms with van der Waals surface area (Å²) < 4.78 is 39.5. The van der Waals surface area contributed by atoms with Crippen molar-refractivity contribution in [1.29, 1.82) is 0 Å². The van der Waals surface area contributed by atoms with E-state index >= 15 is 4.79 Å². The van der Waals surface area contributed by atoms with Crippen LogP contribution in [0.15, 0.2) is 132 Å². The van der Waals surface area contributed by atoms with Crippen molar-refractivity contribution >= 4 is 78.5 Å². The van der Waals surface area contributed by atoms with Crippen molar-refractivity contribution in [2.24, 2.45) is 0 Å². The van der Waals surface area contributed by atoms with E-state index in [4.69, 9.17) is 9.47 Å². The zero-order valence-corrected chi connectivity index (χ0v) is 33.6. The van der Waals surface area contributed by atoms with Crippen LogP contribution in [0.3, 0.4) is 0 Å². The van der Waals surface area contributed by atoms with E-state index in [0.29, 0.717) is 39.1 Å². The standard InChI is InChI=1S/C43H39IN4O7S/c1-28-14-9-12-23-38(28)56(52,53)47-40(49)33-21-13-22-37(54-2)39(33)43(44,41(50)48(30-15-5-3-6-16-30)31-17-7-4-8-18-31)35-27-45-36-25-24-29(26-34(35)36)46-42(51)55-32-19-10-11-20-32/h3-9,12-18,21-27,32,45H,10-11,19-20H2,1-2H3,(H,46,51)(H,47,49). The summed E-state index contributed by atoms with van der Waals surface area (Å²) in [5, 5.41) is 3.40. The molecule has 13 heteroatoms. The number of aromatic nitrogens is 1. The minimum Gasteiger partial charge on any atom is -0.496 e. The van der Waals surface area contributed by atoms with Crippen LogP contribution in [-0.4, -0.2) is 44.5 Å². The van der Waals surface area contributed by atoms with Gasteiger partial charge in [0.25, 0.3) is 21.8 Å². The minimum atomic E-state index is -4.35. The number of fused-ring (bicyclic) bond motifs is 1. The summed E-state index contributed by atoms with van der Waals surface area (Å²) in [7, 11) is -2.93.